The maximum absolute atomic E-state index is 13.0. The molecule has 1 aliphatic heterocycles. The Hall–Kier alpha value is -1.32. The van der Waals surface area contributed by atoms with Gasteiger partial charge in [0.15, 0.2) is 0 Å². The quantitative estimate of drug-likeness (QED) is 0.779. The average molecular weight is 413 g/mol. The van der Waals surface area contributed by atoms with Crippen molar-refractivity contribution in [2.24, 2.45) is 0 Å². The van der Waals surface area contributed by atoms with Crippen LogP contribution in [0.15, 0.2) is 29.2 Å². The highest BCUT2D eigenvalue weighted by molar-refractivity contribution is 7.89. The van der Waals surface area contributed by atoms with Gasteiger partial charge in [-0.15, -0.1) is 0 Å². The zero-order valence-electron chi connectivity index (χ0n) is 13.9. The first-order chi connectivity index (χ1) is 12.1. The van der Waals surface area contributed by atoms with Gasteiger partial charge in [-0.25, -0.2) is 8.42 Å². The molecule has 1 atom stereocenters. The smallest absolute Gasteiger partial charge is 0.355 e. The fourth-order valence-electron chi connectivity index (χ4n) is 2.82. The summed E-state index contributed by atoms with van der Waals surface area (Å²) >= 11 is 5.77. The van der Waals surface area contributed by atoms with Crippen molar-refractivity contribution in [3.63, 3.8) is 0 Å². The second-order valence-corrected chi connectivity index (χ2v) is 8.42. The fraction of sp³-hybridized carbons (Fsp3) is 0.562. The Balaban J connectivity index is 2.31. The van der Waals surface area contributed by atoms with Gasteiger partial charge in [0.25, 0.3) is 0 Å². The fourth-order valence-corrected chi connectivity index (χ4v) is 4.60. The first-order valence-electron chi connectivity index (χ1n) is 8.23. The van der Waals surface area contributed by atoms with E-state index in [0.29, 0.717) is 24.4 Å². The van der Waals surface area contributed by atoms with Gasteiger partial charge >= 0.3 is 6.18 Å². The zero-order chi connectivity index (χ0) is 19.4. The number of amides is 1. The molecule has 1 aliphatic rings. The molecule has 2 rings (SSSR count). The van der Waals surface area contributed by atoms with Crippen LogP contribution in [0.25, 0.3) is 0 Å². The van der Waals surface area contributed by atoms with Crippen LogP contribution in [0.4, 0.5) is 13.2 Å². The van der Waals surface area contributed by atoms with Gasteiger partial charge in [-0.3, -0.25) is 4.79 Å². The van der Waals surface area contributed by atoms with Gasteiger partial charge in [-0.2, -0.15) is 17.5 Å². The molecule has 1 heterocycles. The molecular weight excluding hydrogens is 393 g/mol. The molecule has 0 saturated carbocycles. The molecule has 5 nitrogen and oxygen atoms in total. The van der Waals surface area contributed by atoms with E-state index in [0.717, 1.165) is 4.31 Å². The number of nitrogens with one attached hydrogen (secondary N) is 1. The standard InChI is InChI=1S/C16H20ClF3N2O3S/c17-12-5-7-13(8-6-12)26(24,25)22(11-3-9-16(18,19)20)14-4-1-2-10-21-15(14)23/h5-8,14H,1-4,9-11H2,(H,21,23)/t14-/m1/s1. The average Bonchev–Trinajstić information content (AvgIpc) is 2.75. The number of carbonyl (C=O) groups excluding carboxylic acids is 1. The summed E-state index contributed by atoms with van der Waals surface area (Å²) in [6.07, 6.45) is -4.35. The van der Waals surface area contributed by atoms with Gasteiger partial charge in [0, 0.05) is 24.5 Å². The number of benzene rings is 1. The molecule has 1 amide bonds. The van der Waals surface area contributed by atoms with E-state index < -0.39 is 41.0 Å². The number of nitrogens with zero attached hydrogens (tertiary/aromatic N) is 1. The minimum absolute atomic E-state index is 0.106. The Kier molecular flexibility index (Phi) is 6.92. The highest BCUT2D eigenvalue weighted by Gasteiger charge is 2.37. The van der Waals surface area contributed by atoms with Crippen LogP contribution in [-0.2, 0) is 14.8 Å². The maximum atomic E-state index is 13.0. The number of alkyl halides is 3. The number of hydrogen-bond donors (Lipinski definition) is 1. The van der Waals surface area contributed by atoms with Gasteiger partial charge in [0.1, 0.15) is 6.04 Å². The predicted molar refractivity (Wildman–Crippen MR) is 91.3 cm³/mol. The van der Waals surface area contributed by atoms with Crippen LogP contribution in [-0.4, -0.2) is 43.9 Å². The van der Waals surface area contributed by atoms with Crippen molar-refractivity contribution in [2.45, 2.75) is 49.2 Å². The molecule has 0 radical (unpaired) electrons. The summed E-state index contributed by atoms with van der Waals surface area (Å²) in [6.45, 7) is 0.0370. The van der Waals surface area contributed by atoms with Crippen molar-refractivity contribution in [3.8, 4) is 0 Å². The van der Waals surface area contributed by atoms with Gasteiger partial charge in [-0.1, -0.05) is 11.6 Å². The topological polar surface area (TPSA) is 66.5 Å². The van der Waals surface area contributed by atoms with Crippen LogP contribution in [0.3, 0.4) is 0 Å². The molecule has 0 aliphatic carbocycles. The molecule has 0 aromatic heterocycles. The summed E-state index contributed by atoms with van der Waals surface area (Å²) in [5.41, 5.74) is 0. The molecule has 1 aromatic rings. The van der Waals surface area contributed by atoms with Crippen molar-refractivity contribution in [2.75, 3.05) is 13.1 Å². The Morgan fingerprint density at radius 3 is 2.46 bits per heavy atom. The molecule has 0 spiro atoms. The molecule has 0 bridgehead atoms. The second kappa shape index (κ2) is 8.58. The van der Waals surface area contributed by atoms with Crippen molar-refractivity contribution in [1.29, 1.82) is 0 Å². The first-order valence-corrected chi connectivity index (χ1v) is 10.0. The van der Waals surface area contributed by atoms with E-state index in [1.807, 2.05) is 0 Å². The molecule has 1 aromatic carbocycles. The number of rotatable bonds is 6. The summed E-state index contributed by atoms with van der Waals surface area (Å²) in [4.78, 5) is 12.2. The van der Waals surface area contributed by atoms with Crippen LogP contribution in [0.2, 0.25) is 5.02 Å². The highest BCUT2D eigenvalue weighted by atomic mass is 35.5. The van der Waals surface area contributed by atoms with Gasteiger partial charge < -0.3 is 5.32 Å². The van der Waals surface area contributed by atoms with Crippen LogP contribution in [0, 0.1) is 0 Å². The molecule has 10 heteroatoms. The maximum Gasteiger partial charge on any atom is 0.389 e. The number of carbonyl (C=O) groups is 1. The Bertz CT molecular complexity index is 723. The van der Waals surface area contributed by atoms with E-state index in [2.05, 4.69) is 5.32 Å². The lowest BCUT2D eigenvalue weighted by Gasteiger charge is -2.29. The predicted octanol–water partition coefficient (Wildman–Crippen LogP) is 3.34. The minimum atomic E-state index is -4.39. The van der Waals surface area contributed by atoms with Crippen molar-refractivity contribution < 1.29 is 26.4 Å². The Morgan fingerprint density at radius 1 is 1.19 bits per heavy atom. The summed E-state index contributed by atoms with van der Waals surface area (Å²) in [7, 11) is -4.14. The highest BCUT2D eigenvalue weighted by Crippen LogP contribution is 2.26. The molecule has 1 N–H and O–H groups in total. The number of hydrogen-bond acceptors (Lipinski definition) is 3. The lowest BCUT2D eigenvalue weighted by Crippen LogP contribution is -2.49. The zero-order valence-corrected chi connectivity index (χ0v) is 15.5. The van der Waals surface area contributed by atoms with Crippen molar-refractivity contribution in [1.82, 2.24) is 9.62 Å². The van der Waals surface area contributed by atoms with Crippen molar-refractivity contribution in [3.05, 3.63) is 29.3 Å². The van der Waals surface area contributed by atoms with E-state index >= 15 is 0 Å². The molecule has 26 heavy (non-hydrogen) atoms. The summed E-state index contributed by atoms with van der Waals surface area (Å²) < 4.78 is 64.3. The first kappa shape index (κ1) is 21.0. The molecule has 0 unspecified atom stereocenters. The lowest BCUT2D eigenvalue weighted by molar-refractivity contribution is -0.136. The van der Waals surface area contributed by atoms with E-state index in [9.17, 15) is 26.4 Å². The van der Waals surface area contributed by atoms with Crippen LogP contribution in [0.1, 0.15) is 32.1 Å². The third kappa shape index (κ3) is 5.59. The molecular formula is C16H20ClF3N2O3S. The third-order valence-corrected chi connectivity index (χ3v) is 6.29. The number of halogens is 4. The van der Waals surface area contributed by atoms with Crippen molar-refractivity contribution >= 4 is 27.5 Å². The van der Waals surface area contributed by atoms with Gasteiger partial charge in [0.2, 0.25) is 15.9 Å². The van der Waals surface area contributed by atoms with Crippen LogP contribution < -0.4 is 5.32 Å². The SMILES string of the molecule is O=C1NCCCC[C@H]1N(CCCC(F)(F)F)S(=O)(=O)c1ccc(Cl)cc1. The van der Waals surface area contributed by atoms with Gasteiger partial charge in [0.05, 0.1) is 4.90 Å². The van der Waals surface area contributed by atoms with E-state index in [1.165, 1.54) is 24.3 Å². The molecule has 1 fully saturated rings. The third-order valence-electron chi connectivity index (χ3n) is 4.11. The summed E-state index contributed by atoms with van der Waals surface area (Å²) in [5.74, 6) is -0.480. The second-order valence-electron chi connectivity index (χ2n) is 6.09. The van der Waals surface area contributed by atoms with Gasteiger partial charge in [-0.05, 0) is 49.9 Å². The molecule has 146 valence electrons. The molecule has 1 saturated heterocycles. The summed E-state index contributed by atoms with van der Waals surface area (Å²) in [6, 6.07) is 4.31. The minimum Gasteiger partial charge on any atom is -0.355 e. The summed E-state index contributed by atoms with van der Waals surface area (Å²) in [5, 5.41) is 2.96. The largest absolute Gasteiger partial charge is 0.389 e. The lowest BCUT2D eigenvalue weighted by atomic mass is 10.1. The van der Waals surface area contributed by atoms with E-state index in [1.54, 1.807) is 0 Å². The van der Waals surface area contributed by atoms with E-state index in [4.69, 9.17) is 11.6 Å². The van der Waals surface area contributed by atoms with E-state index in [-0.39, 0.29) is 17.9 Å². The normalized spacial score (nSPS) is 19.3. The Morgan fingerprint density at radius 2 is 1.85 bits per heavy atom. The monoisotopic (exact) mass is 412 g/mol. The van der Waals surface area contributed by atoms with Crippen LogP contribution >= 0.6 is 11.6 Å². The van der Waals surface area contributed by atoms with Crippen LogP contribution in [0.5, 0.6) is 0 Å². The Labute approximate surface area is 155 Å². The number of sulfonamides is 1.